The summed E-state index contributed by atoms with van der Waals surface area (Å²) in [7, 11) is 0. The van der Waals surface area contributed by atoms with Crippen LogP contribution in [0.2, 0.25) is 0 Å². The molecule has 0 unspecified atom stereocenters. The molecule has 2 aliphatic rings. The molecule has 0 radical (unpaired) electrons. The molecule has 0 spiro atoms. The molecule has 1 atom stereocenters. The molecule has 0 saturated carbocycles. The van der Waals surface area contributed by atoms with Crippen LogP contribution >= 0.6 is 11.8 Å². The van der Waals surface area contributed by atoms with E-state index in [0.717, 1.165) is 59.7 Å². The molecule has 0 bridgehead atoms. The average Bonchev–Trinajstić information content (AvgIpc) is 3.46. The van der Waals surface area contributed by atoms with Gasteiger partial charge in [-0.15, -0.1) is 0 Å². The van der Waals surface area contributed by atoms with Gasteiger partial charge in [-0.05, 0) is 49.6 Å². The van der Waals surface area contributed by atoms with E-state index in [0.29, 0.717) is 18.0 Å². The number of para-hydroxylation sites is 1. The second-order valence-corrected chi connectivity index (χ2v) is 8.74. The molecule has 1 N–H and O–H groups in total. The van der Waals surface area contributed by atoms with E-state index in [9.17, 15) is 14.4 Å². The topological polar surface area (TPSA) is 80.6 Å². The molecule has 1 aromatic heterocycles. The molecule has 4 rings (SSSR count). The van der Waals surface area contributed by atoms with Crippen LogP contribution in [-0.2, 0) is 27.3 Å². The SMILES string of the molecule is CCc1cccc2c(/C=C3\SC(=O)N(CC)C3=O)cn(CC(=O)NC[C@@H]3CCCO3)c12. The smallest absolute Gasteiger partial charge is 0.293 e. The van der Waals surface area contributed by atoms with Crippen molar-refractivity contribution in [3.63, 3.8) is 0 Å². The van der Waals surface area contributed by atoms with E-state index < -0.39 is 0 Å². The number of benzene rings is 1. The van der Waals surface area contributed by atoms with Crippen molar-refractivity contribution in [1.82, 2.24) is 14.8 Å². The zero-order chi connectivity index (χ0) is 22.0. The van der Waals surface area contributed by atoms with Gasteiger partial charge < -0.3 is 14.6 Å². The van der Waals surface area contributed by atoms with Crippen LogP contribution < -0.4 is 5.32 Å². The molecule has 2 fully saturated rings. The Morgan fingerprint density at radius 2 is 2.16 bits per heavy atom. The van der Waals surface area contributed by atoms with E-state index in [1.165, 1.54) is 4.90 Å². The molecule has 2 aliphatic heterocycles. The van der Waals surface area contributed by atoms with Crippen LogP contribution in [0.1, 0.15) is 37.8 Å². The first kappa shape index (κ1) is 21.6. The lowest BCUT2D eigenvalue weighted by Gasteiger charge is -2.12. The largest absolute Gasteiger partial charge is 0.376 e. The Balaban J connectivity index is 1.63. The van der Waals surface area contributed by atoms with E-state index in [1.807, 2.05) is 22.9 Å². The normalized spacial score (nSPS) is 20.4. The summed E-state index contributed by atoms with van der Waals surface area (Å²) in [5, 5.41) is 3.70. The Morgan fingerprint density at radius 3 is 2.84 bits per heavy atom. The summed E-state index contributed by atoms with van der Waals surface area (Å²) in [5.41, 5.74) is 2.95. The maximum absolute atomic E-state index is 12.6. The fourth-order valence-corrected chi connectivity index (χ4v) is 5.04. The number of hydrogen-bond donors (Lipinski definition) is 1. The highest BCUT2D eigenvalue weighted by Gasteiger charge is 2.34. The van der Waals surface area contributed by atoms with Gasteiger partial charge in [0.25, 0.3) is 11.1 Å². The van der Waals surface area contributed by atoms with Gasteiger partial charge in [0.1, 0.15) is 6.54 Å². The van der Waals surface area contributed by atoms with Gasteiger partial charge in [-0.2, -0.15) is 0 Å². The van der Waals surface area contributed by atoms with Crippen LogP contribution in [0.15, 0.2) is 29.3 Å². The fraction of sp³-hybridized carbons (Fsp3) is 0.435. The summed E-state index contributed by atoms with van der Waals surface area (Å²) in [6, 6.07) is 6.03. The number of likely N-dealkylation sites (N-methyl/N-ethyl adjacent to an activating group) is 1. The third kappa shape index (κ3) is 4.41. The van der Waals surface area contributed by atoms with Gasteiger partial charge in [-0.25, -0.2) is 0 Å². The number of carbonyl (C=O) groups excluding carboxylic acids is 3. The highest BCUT2D eigenvalue weighted by atomic mass is 32.2. The van der Waals surface area contributed by atoms with Gasteiger partial charge in [0.15, 0.2) is 0 Å². The molecule has 7 nitrogen and oxygen atoms in total. The number of fused-ring (bicyclic) bond motifs is 1. The van der Waals surface area contributed by atoms with Crippen LogP contribution in [0.3, 0.4) is 0 Å². The van der Waals surface area contributed by atoms with Crippen molar-refractivity contribution in [1.29, 1.82) is 0 Å². The second-order valence-electron chi connectivity index (χ2n) is 7.74. The Kier molecular flexibility index (Phi) is 6.48. The molecule has 31 heavy (non-hydrogen) atoms. The van der Waals surface area contributed by atoms with Crippen LogP contribution in [-0.4, -0.2) is 52.3 Å². The first-order chi connectivity index (χ1) is 15.0. The van der Waals surface area contributed by atoms with Crippen LogP contribution in [0.4, 0.5) is 4.79 Å². The minimum absolute atomic E-state index is 0.0730. The third-order valence-electron chi connectivity index (χ3n) is 5.73. The monoisotopic (exact) mass is 441 g/mol. The van der Waals surface area contributed by atoms with Gasteiger partial charge in [-0.1, -0.05) is 25.1 Å². The minimum Gasteiger partial charge on any atom is -0.376 e. The summed E-state index contributed by atoms with van der Waals surface area (Å²) >= 11 is 0.961. The number of aromatic nitrogens is 1. The van der Waals surface area contributed by atoms with Crippen LogP contribution in [0.5, 0.6) is 0 Å². The number of hydrogen-bond acceptors (Lipinski definition) is 5. The molecule has 2 aromatic rings. The molecule has 2 saturated heterocycles. The molecule has 3 heterocycles. The predicted molar refractivity (Wildman–Crippen MR) is 122 cm³/mol. The van der Waals surface area contributed by atoms with E-state index in [-0.39, 0.29) is 29.7 Å². The Hall–Kier alpha value is -2.58. The Morgan fingerprint density at radius 1 is 1.32 bits per heavy atom. The van der Waals surface area contributed by atoms with Crippen molar-refractivity contribution in [3.05, 3.63) is 40.4 Å². The predicted octanol–water partition coefficient (Wildman–Crippen LogP) is 3.56. The molecule has 3 amide bonds. The number of amides is 3. The Bertz CT molecular complexity index is 1050. The fourth-order valence-electron chi connectivity index (χ4n) is 4.15. The number of nitrogens with one attached hydrogen (secondary N) is 1. The van der Waals surface area contributed by atoms with Crippen molar-refractivity contribution >= 4 is 45.8 Å². The van der Waals surface area contributed by atoms with Crippen molar-refractivity contribution in [2.24, 2.45) is 0 Å². The van der Waals surface area contributed by atoms with Gasteiger partial charge in [0.05, 0.1) is 16.5 Å². The number of ether oxygens (including phenoxy) is 1. The first-order valence-corrected chi connectivity index (χ1v) is 11.6. The number of nitrogens with zero attached hydrogens (tertiary/aromatic N) is 2. The summed E-state index contributed by atoms with van der Waals surface area (Å²) in [4.78, 5) is 38.9. The van der Waals surface area contributed by atoms with E-state index in [2.05, 4.69) is 18.3 Å². The minimum atomic E-state index is -0.264. The number of carbonyl (C=O) groups is 3. The van der Waals surface area contributed by atoms with Gasteiger partial charge >= 0.3 is 0 Å². The first-order valence-electron chi connectivity index (χ1n) is 10.8. The van der Waals surface area contributed by atoms with E-state index >= 15 is 0 Å². The summed E-state index contributed by atoms with van der Waals surface area (Å²) in [5.74, 6) is -0.337. The zero-order valence-corrected chi connectivity index (χ0v) is 18.7. The summed E-state index contributed by atoms with van der Waals surface area (Å²) < 4.78 is 7.52. The highest BCUT2D eigenvalue weighted by Crippen LogP contribution is 2.34. The molecule has 1 aromatic carbocycles. The lowest BCUT2D eigenvalue weighted by Crippen LogP contribution is -2.34. The lowest BCUT2D eigenvalue weighted by atomic mass is 10.1. The zero-order valence-electron chi connectivity index (χ0n) is 17.8. The maximum Gasteiger partial charge on any atom is 0.293 e. The maximum atomic E-state index is 12.6. The second kappa shape index (κ2) is 9.28. The van der Waals surface area contributed by atoms with Gasteiger partial charge in [0.2, 0.25) is 5.91 Å². The molecule has 164 valence electrons. The van der Waals surface area contributed by atoms with E-state index in [1.54, 1.807) is 13.0 Å². The van der Waals surface area contributed by atoms with Crippen LogP contribution in [0.25, 0.3) is 17.0 Å². The molecular formula is C23H27N3O4S. The van der Waals surface area contributed by atoms with Crippen LogP contribution in [0, 0.1) is 0 Å². The molecular weight excluding hydrogens is 414 g/mol. The summed E-state index contributed by atoms with van der Waals surface area (Å²) in [6.07, 6.45) is 6.60. The number of aryl methyl sites for hydroxylation is 1. The van der Waals surface area contributed by atoms with E-state index in [4.69, 9.17) is 4.74 Å². The Labute approximate surface area is 185 Å². The third-order valence-corrected chi connectivity index (χ3v) is 6.64. The number of imide groups is 1. The summed E-state index contributed by atoms with van der Waals surface area (Å²) in [6.45, 7) is 5.69. The number of thioether (sulfide) groups is 1. The molecule has 0 aliphatic carbocycles. The van der Waals surface area contributed by atoms with Crippen molar-refractivity contribution in [2.75, 3.05) is 19.7 Å². The van der Waals surface area contributed by atoms with Crippen molar-refractivity contribution in [2.45, 2.75) is 45.8 Å². The standard InChI is InChI=1S/C23H27N3O4S/c1-3-15-7-5-9-18-16(11-19-22(28)26(4-2)23(29)31-19)13-25(21(15)18)14-20(27)24-12-17-8-6-10-30-17/h5,7,9,11,13,17H,3-4,6,8,10,12,14H2,1-2H3,(H,24,27)/b19-11-/t17-/m0/s1. The average molecular weight is 442 g/mol. The quantitative estimate of drug-likeness (QED) is 0.665. The lowest BCUT2D eigenvalue weighted by molar-refractivity contribution is -0.123. The van der Waals surface area contributed by atoms with Gasteiger partial charge in [-0.3, -0.25) is 19.3 Å². The molecule has 8 heteroatoms. The van der Waals surface area contributed by atoms with Crippen molar-refractivity contribution < 1.29 is 19.1 Å². The van der Waals surface area contributed by atoms with Gasteiger partial charge in [0, 0.05) is 36.8 Å². The highest BCUT2D eigenvalue weighted by molar-refractivity contribution is 8.18. The number of rotatable bonds is 7. The van der Waals surface area contributed by atoms with Crippen molar-refractivity contribution in [3.8, 4) is 0 Å².